The van der Waals surface area contributed by atoms with Gasteiger partial charge in [0, 0.05) is 18.5 Å². The van der Waals surface area contributed by atoms with E-state index in [0.29, 0.717) is 22.8 Å². The summed E-state index contributed by atoms with van der Waals surface area (Å²) in [5.41, 5.74) is 2.03. The van der Waals surface area contributed by atoms with Crippen molar-refractivity contribution in [3.63, 3.8) is 0 Å². The molecule has 7 heteroatoms. The number of nitrogens with zero attached hydrogens (tertiary/aromatic N) is 1. The first-order valence-electron chi connectivity index (χ1n) is 8.25. The zero-order valence-corrected chi connectivity index (χ0v) is 14.8. The summed E-state index contributed by atoms with van der Waals surface area (Å²) < 4.78 is 14.7. The predicted octanol–water partition coefficient (Wildman–Crippen LogP) is 4.14. The Bertz CT molecular complexity index is 1020. The average molecular weight is 369 g/mol. The number of carbonyl (C=O) groups is 2. The van der Waals surface area contributed by atoms with Crippen molar-refractivity contribution in [3.05, 3.63) is 53.8 Å². The highest BCUT2D eigenvalue weighted by Crippen LogP contribution is 2.48. The van der Waals surface area contributed by atoms with Crippen molar-refractivity contribution in [1.29, 1.82) is 0 Å². The molecule has 1 aromatic heterocycles. The van der Waals surface area contributed by atoms with Gasteiger partial charge in [-0.05, 0) is 42.2 Å². The number of halogens is 1. The third-order valence-corrected chi connectivity index (χ3v) is 5.30. The van der Waals surface area contributed by atoms with E-state index in [2.05, 4.69) is 15.6 Å². The summed E-state index contributed by atoms with van der Waals surface area (Å²) in [6.07, 6.45) is 0.643. The van der Waals surface area contributed by atoms with Crippen molar-refractivity contribution in [3.8, 4) is 0 Å². The van der Waals surface area contributed by atoms with Crippen molar-refractivity contribution in [2.24, 2.45) is 5.92 Å². The molecule has 3 aromatic rings. The fraction of sp³-hybridized carbons (Fsp3) is 0.211. The van der Waals surface area contributed by atoms with Crippen molar-refractivity contribution in [2.45, 2.75) is 19.3 Å². The number of carbonyl (C=O) groups excluding carboxylic acids is 2. The van der Waals surface area contributed by atoms with Crippen LogP contribution in [0.15, 0.2) is 42.5 Å². The molecular formula is C19H16FN3O2S. The molecule has 2 aromatic carbocycles. The van der Waals surface area contributed by atoms with Gasteiger partial charge in [-0.15, -0.1) is 0 Å². The van der Waals surface area contributed by atoms with E-state index in [4.69, 9.17) is 0 Å². The Kier molecular flexibility index (Phi) is 4.16. The average Bonchev–Trinajstić information content (AvgIpc) is 3.28. The summed E-state index contributed by atoms with van der Waals surface area (Å²) in [5, 5.41) is 6.06. The zero-order chi connectivity index (χ0) is 18.3. The Labute approximate surface area is 153 Å². The van der Waals surface area contributed by atoms with E-state index in [0.717, 1.165) is 10.2 Å². The molecule has 0 bridgehead atoms. The van der Waals surface area contributed by atoms with Crippen LogP contribution in [-0.2, 0) is 9.59 Å². The Balaban J connectivity index is 1.47. The molecule has 26 heavy (non-hydrogen) atoms. The number of nitrogens with one attached hydrogen (secondary N) is 2. The number of amides is 2. The van der Waals surface area contributed by atoms with Gasteiger partial charge >= 0.3 is 0 Å². The lowest BCUT2D eigenvalue weighted by Gasteiger charge is -2.02. The number of fused-ring (bicyclic) bond motifs is 1. The van der Waals surface area contributed by atoms with Crippen LogP contribution in [0.25, 0.3) is 10.2 Å². The first-order chi connectivity index (χ1) is 12.5. The quantitative estimate of drug-likeness (QED) is 0.726. The second kappa shape index (κ2) is 6.49. The zero-order valence-electron chi connectivity index (χ0n) is 14.0. The fourth-order valence-electron chi connectivity index (χ4n) is 3.06. The largest absolute Gasteiger partial charge is 0.326 e. The smallest absolute Gasteiger partial charge is 0.229 e. The molecule has 2 unspecified atom stereocenters. The van der Waals surface area contributed by atoms with E-state index < -0.39 is 0 Å². The summed E-state index contributed by atoms with van der Waals surface area (Å²) >= 11 is 1.34. The minimum absolute atomic E-state index is 0.0723. The molecular weight excluding hydrogens is 353 g/mol. The van der Waals surface area contributed by atoms with Crippen molar-refractivity contribution in [1.82, 2.24) is 4.98 Å². The molecule has 0 radical (unpaired) electrons. The van der Waals surface area contributed by atoms with Crippen LogP contribution in [0.4, 0.5) is 15.2 Å². The van der Waals surface area contributed by atoms with Crippen molar-refractivity contribution < 1.29 is 14.0 Å². The van der Waals surface area contributed by atoms with E-state index in [1.165, 1.54) is 24.3 Å². The van der Waals surface area contributed by atoms with Gasteiger partial charge in [-0.1, -0.05) is 29.5 Å². The normalized spacial score (nSPS) is 18.5. The van der Waals surface area contributed by atoms with Gasteiger partial charge in [0.2, 0.25) is 11.8 Å². The van der Waals surface area contributed by atoms with Crippen molar-refractivity contribution in [2.75, 3.05) is 10.6 Å². The summed E-state index contributed by atoms with van der Waals surface area (Å²) in [4.78, 5) is 28.0. The monoisotopic (exact) mass is 369 g/mol. The Morgan fingerprint density at radius 3 is 2.77 bits per heavy atom. The first kappa shape index (κ1) is 16.7. The number of anilines is 2. The van der Waals surface area contributed by atoms with E-state index in [1.54, 1.807) is 30.3 Å². The third kappa shape index (κ3) is 3.30. The molecule has 1 fully saturated rings. The maximum absolute atomic E-state index is 13.8. The minimum Gasteiger partial charge on any atom is -0.326 e. The Morgan fingerprint density at radius 2 is 2.00 bits per heavy atom. The topological polar surface area (TPSA) is 71.1 Å². The highest BCUT2D eigenvalue weighted by Gasteiger charge is 2.45. The molecule has 0 aliphatic heterocycles. The number of aromatic nitrogens is 1. The van der Waals surface area contributed by atoms with Crippen LogP contribution in [-0.4, -0.2) is 16.8 Å². The molecule has 5 nitrogen and oxygen atoms in total. The van der Waals surface area contributed by atoms with Gasteiger partial charge in [0.1, 0.15) is 5.82 Å². The second-order valence-corrected chi connectivity index (χ2v) is 7.37. The molecule has 2 atom stereocenters. The number of benzene rings is 2. The lowest BCUT2D eigenvalue weighted by Crippen LogP contribution is -2.14. The molecule has 4 rings (SSSR count). The van der Waals surface area contributed by atoms with E-state index in [1.807, 2.05) is 6.07 Å². The minimum atomic E-state index is -0.265. The van der Waals surface area contributed by atoms with Gasteiger partial charge in [0.25, 0.3) is 0 Å². The van der Waals surface area contributed by atoms with Crippen LogP contribution in [0.5, 0.6) is 0 Å². The molecule has 1 heterocycles. The SMILES string of the molecule is CC(=O)Nc1ccc2nc(NC(=O)C3CC3c3ccccc3F)sc2c1. The molecule has 1 saturated carbocycles. The molecule has 132 valence electrons. The maximum atomic E-state index is 13.8. The van der Waals surface area contributed by atoms with Crippen LogP contribution in [0.2, 0.25) is 0 Å². The number of thiazole rings is 1. The number of hydrogen-bond donors (Lipinski definition) is 2. The van der Waals surface area contributed by atoms with E-state index >= 15 is 0 Å². The fourth-order valence-corrected chi connectivity index (χ4v) is 3.97. The number of hydrogen-bond acceptors (Lipinski definition) is 4. The summed E-state index contributed by atoms with van der Waals surface area (Å²) in [6, 6.07) is 12.0. The number of rotatable bonds is 4. The Hall–Kier alpha value is -2.80. The Morgan fingerprint density at radius 1 is 1.19 bits per heavy atom. The molecule has 0 spiro atoms. The molecule has 2 N–H and O–H groups in total. The van der Waals surface area contributed by atoms with Gasteiger partial charge in [-0.3, -0.25) is 9.59 Å². The molecule has 2 amide bonds. The summed E-state index contributed by atoms with van der Waals surface area (Å²) in [5.74, 6) is -0.848. The molecule has 1 aliphatic carbocycles. The molecule has 1 aliphatic rings. The van der Waals surface area contributed by atoms with Crippen LogP contribution >= 0.6 is 11.3 Å². The predicted molar refractivity (Wildman–Crippen MR) is 99.8 cm³/mol. The summed E-state index contributed by atoms with van der Waals surface area (Å²) in [7, 11) is 0. The van der Waals surface area contributed by atoms with Gasteiger partial charge in [-0.25, -0.2) is 9.37 Å². The highest BCUT2D eigenvalue weighted by atomic mass is 32.1. The van der Waals surface area contributed by atoms with Crippen LogP contribution in [0.1, 0.15) is 24.8 Å². The van der Waals surface area contributed by atoms with Gasteiger partial charge in [-0.2, -0.15) is 0 Å². The first-order valence-corrected chi connectivity index (χ1v) is 9.06. The van der Waals surface area contributed by atoms with Gasteiger partial charge in [0.15, 0.2) is 5.13 Å². The van der Waals surface area contributed by atoms with E-state index in [9.17, 15) is 14.0 Å². The lowest BCUT2D eigenvalue weighted by molar-refractivity contribution is -0.117. The standard InChI is InChI=1S/C19H16FN3O2S/c1-10(24)21-11-6-7-16-17(8-11)26-19(22-16)23-18(25)14-9-13(14)12-4-2-3-5-15(12)20/h2-8,13-14H,9H2,1H3,(H,21,24)(H,22,23,25). The van der Waals surface area contributed by atoms with Crippen LogP contribution in [0, 0.1) is 11.7 Å². The van der Waals surface area contributed by atoms with Gasteiger partial charge < -0.3 is 10.6 Å². The van der Waals surface area contributed by atoms with Gasteiger partial charge in [0.05, 0.1) is 10.2 Å². The highest BCUT2D eigenvalue weighted by molar-refractivity contribution is 7.22. The lowest BCUT2D eigenvalue weighted by atomic mass is 10.1. The summed E-state index contributed by atoms with van der Waals surface area (Å²) in [6.45, 7) is 1.45. The van der Waals surface area contributed by atoms with Crippen LogP contribution < -0.4 is 10.6 Å². The second-order valence-electron chi connectivity index (χ2n) is 6.34. The van der Waals surface area contributed by atoms with Crippen LogP contribution in [0.3, 0.4) is 0 Å². The molecule has 0 saturated heterocycles. The van der Waals surface area contributed by atoms with Crippen molar-refractivity contribution >= 4 is 44.2 Å². The maximum Gasteiger partial charge on any atom is 0.229 e. The van der Waals surface area contributed by atoms with E-state index in [-0.39, 0.29) is 29.5 Å². The third-order valence-electron chi connectivity index (χ3n) is 4.37.